The Morgan fingerprint density at radius 3 is 2.60 bits per heavy atom. The molecule has 0 spiro atoms. The molecule has 25 heavy (non-hydrogen) atoms. The first-order chi connectivity index (χ1) is 12.0. The highest BCUT2D eigenvalue weighted by molar-refractivity contribution is 5.96. The van der Waals surface area contributed by atoms with E-state index in [1.165, 1.54) is 0 Å². The van der Waals surface area contributed by atoms with E-state index in [0.29, 0.717) is 41.3 Å². The van der Waals surface area contributed by atoms with Gasteiger partial charge in [-0.1, -0.05) is 0 Å². The Hall–Kier alpha value is -3.01. The normalized spacial score (nSPS) is 10.4. The van der Waals surface area contributed by atoms with Crippen molar-refractivity contribution in [3.05, 3.63) is 30.0 Å². The van der Waals surface area contributed by atoms with Gasteiger partial charge in [0.1, 0.15) is 11.3 Å². The Morgan fingerprint density at radius 2 is 2.00 bits per heavy atom. The standard InChI is InChI=1S/C18H21N3O4/c1-12(2)25-18(22)14-11-21(9-5-8-19)20-17(14)13-6-7-15(23-3)16(10-13)24-4/h6-7,10-12H,5,9H2,1-4H3. The van der Waals surface area contributed by atoms with Crippen LogP contribution in [0.3, 0.4) is 0 Å². The van der Waals surface area contributed by atoms with Gasteiger partial charge in [-0.2, -0.15) is 10.4 Å². The molecule has 132 valence electrons. The molecule has 0 unspecified atom stereocenters. The van der Waals surface area contributed by atoms with Gasteiger partial charge < -0.3 is 14.2 Å². The van der Waals surface area contributed by atoms with E-state index >= 15 is 0 Å². The third-order valence-corrected chi connectivity index (χ3v) is 3.43. The molecular weight excluding hydrogens is 322 g/mol. The number of methoxy groups -OCH3 is 2. The fraction of sp³-hybridized carbons (Fsp3) is 0.389. The van der Waals surface area contributed by atoms with Crippen LogP contribution in [0.1, 0.15) is 30.6 Å². The summed E-state index contributed by atoms with van der Waals surface area (Å²) >= 11 is 0. The molecule has 7 nitrogen and oxygen atoms in total. The zero-order valence-electron chi connectivity index (χ0n) is 14.8. The first kappa shape index (κ1) is 18.3. The van der Waals surface area contributed by atoms with Crippen LogP contribution in [-0.4, -0.2) is 36.1 Å². The molecule has 1 aromatic heterocycles. The predicted octanol–water partition coefficient (Wildman–Crippen LogP) is 3.05. The van der Waals surface area contributed by atoms with E-state index < -0.39 is 5.97 Å². The van der Waals surface area contributed by atoms with E-state index in [-0.39, 0.29) is 6.10 Å². The van der Waals surface area contributed by atoms with Crippen LogP contribution in [0.2, 0.25) is 0 Å². The largest absolute Gasteiger partial charge is 0.493 e. The number of carbonyl (C=O) groups is 1. The Morgan fingerprint density at radius 1 is 1.28 bits per heavy atom. The van der Waals surface area contributed by atoms with Gasteiger partial charge in [0.15, 0.2) is 11.5 Å². The summed E-state index contributed by atoms with van der Waals surface area (Å²) < 4.78 is 17.4. The van der Waals surface area contributed by atoms with Crippen LogP contribution < -0.4 is 9.47 Å². The summed E-state index contributed by atoms with van der Waals surface area (Å²) in [7, 11) is 3.10. The maximum absolute atomic E-state index is 12.4. The second-order valence-electron chi connectivity index (χ2n) is 5.59. The lowest BCUT2D eigenvalue weighted by Crippen LogP contribution is -2.11. The van der Waals surface area contributed by atoms with Crippen LogP contribution in [0.25, 0.3) is 11.3 Å². The molecule has 0 atom stereocenters. The number of aromatic nitrogens is 2. The highest BCUT2D eigenvalue weighted by Crippen LogP contribution is 2.33. The average molecular weight is 343 g/mol. The summed E-state index contributed by atoms with van der Waals surface area (Å²) in [4.78, 5) is 12.4. The molecule has 1 aromatic carbocycles. The monoisotopic (exact) mass is 343 g/mol. The molecule has 0 saturated heterocycles. The van der Waals surface area contributed by atoms with Crippen molar-refractivity contribution in [3.8, 4) is 28.8 Å². The number of carbonyl (C=O) groups excluding carboxylic acids is 1. The Balaban J connectivity index is 2.49. The van der Waals surface area contributed by atoms with E-state index in [4.69, 9.17) is 19.5 Å². The third-order valence-electron chi connectivity index (χ3n) is 3.43. The topological polar surface area (TPSA) is 86.4 Å². The van der Waals surface area contributed by atoms with Crippen LogP contribution in [-0.2, 0) is 11.3 Å². The summed E-state index contributed by atoms with van der Waals surface area (Å²) in [5, 5.41) is 13.2. The maximum Gasteiger partial charge on any atom is 0.342 e. The lowest BCUT2D eigenvalue weighted by atomic mass is 10.1. The molecular formula is C18H21N3O4. The van der Waals surface area contributed by atoms with Gasteiger partial charge in [-0.15, -0.1) is 0 Å². The lowest BCUT2D eigenvalue weighted by molar-refractivity contribution is 0.0378. The molecule has 7 heteroatoms. The smallest absolute Gasteiger partial charge is 0.342 e. The molecule has 2 aromatic rings. The Kier molecular flexibility index (Phi) is 6.01. The lowest BCUT2D eigenvalue weighted by Gasteiger charge is -2.10. The molecule has 0 fully saturated rings. The molecule has 0 aliphatic heterocycles. The predicted molar refractivity (Wildman–Crippen MR) is 91.5 cm³/mol. The summed E-state index contributed by atoms with van der Waals surface area (Å²) in [5.74, 6) is 0.666. The fourth-order valence-electron chi connectivity index (χ4n) is 2.32. The van der Waals surface area contributed by atoms with Crippen LogP contribution in [0.4, 0.5) is 0 Å². The number of aryl methyl sites for hydroxylation is 1. The van der Waals surface area contributed by atoms with Gasteiger partial charge in [-0.3, -0.25) is 4.68 Å². The van der Waals surface area contributed by atoms with Gasteiger partial charge in [-0.25, -0.2) is 4.79 Å². The van der Waals surface area contributed by atoms with Crippen molar-refractivity contribution in [2.24, 2.45) is 0 Å². The zero-order chi connectivity index (χ0) is 18.4. The van der Waals surface area contributed by atoms with E-state index in [9.17, 15) is 4.79 Å². The van der Waals surface area contributed by atoms with Crippen molar-refractivity contribution in [2.75, 3.05) is 14.2 Å². The second kappa shape index (κ2) is 8.20. The number of ether oxygens (including phenoxy) is 3. The third kappa shape index (κ3) is 4.29. The molecule has 0 aliphatic carbocycles. The summed E-state index contributed by atoms with van der Waals surface area (Å²) in [6.07, 6.45) is 1.66. The van der Waals surface area contributed by atoms with Crippen molar-refractivity contribution in [3.63, 3.8) is 0 Å². The molecule has 0 aliphatic rings. The second-order valence-corrected chi connectivity index (χ2v) is 5.59. The van der Waals surface area contributed by atoms with Crippen LogP contribution in [0.5, 0.6) is 11.5 Å². The van der Waals surface area contributed by atoms with E-state index in [1.54, 1.807) is 57.1 Å². The fourth-order valence-corrected chi connectivity index (χ4v) is 2.32. The molecule has 0 radical (unpaired) electrons. The van der Waals surface area contributed by atoms with Gasteiger partial charge in [0.05, 0.1) is 39.4 Å². The number of hydrogen-bond acceptors (Lipinski definition) is 6. The zero-order valence-corrected chi connectivity index (χ0v) is 14.8. The SMILES string of the molecule is COc1ccc(-c2nn(CCC#N)cc2C(=O)OC(C)C)cc1OC. The molecule has 0 saturated carbocycles. The molecule has 2 rings (SSSR count). The quantitative estimate of drug-likeness (QED) is 0.718. The van der Waals surface area contributed by atoms with E-state index in [0.717, 1.165) is 0 Å². The van der Waals surface area contributed by atoms with Crippen molar-refractivity contribution in [1.82, 2.24) is 9.78 Å². The van der Waals surface area contributed by atoms with Gasteiger partial charge in [0.25, 0.3) is 0 Å². The van der Waals surface area contributed by atoms with Crippen molar-refractivity contribution < 1.29 is 19.0 Å². The minimum atomic E-state index is -0.456. The van der Waals surface area contributed by atoms with Crippen LogP contribution in [0.15, 0.2) is 24.4 Å². The van der Waals surface area contributed by atoms with Gasteiger partial charge in [0, 0.05) is 11.8 Å². The van der Waals surface area contributed by atoms with E-state index in [1.807, 2.05) is 0 Å². The summed E-state index contributed by atoms with van der Waals surface area (Å²) in [6, 6.07) is 7.36. The summed E-state index contributed by atoms with van der Waals surface area (Å²) in [5.41, 5.74) is 1.52. The van der Waals surface area contributed by atoms with Crippen LogP contribution in [0, 0.1) is 11.3 Å². The first-order valence-electron chi connectivity index (χ1n) is 7.88. The van der Waals surface area contributed by atoms with Gasteiger partial charge in [0.2, 0.25) is 0 Å². The number of benzene rings is 1. The van der Waals surface area contributed by atoms with Crippen molar-refractivity contribution >= 4 is 5.97 Å². The molecule has 1 heterocycles. The van der Waals surface area contributed by atoms with Crippen molar-refractivity contribution in [1.29, 1.82) is 5.26 Å². The molecule has 0 N–H and O–H groups in total. The van der Waals surface area contributed by atoms with Crippen molar-refractivity contribution in [2.45, 2.75) is 32.9 Å². The minimum absolute atomic E-state index is 0.242. The van der Waals surface area contributed by atoms with E-state index in [2.05, 4.69) is 11.2 Å². The highest BCUT2D eigenvalue weighted by atomic mass is 16.5. The number of rotatable bonds is 7. The number of hydrogen-bond donors (Lipinski definition) is 0. The van der Waals surface area contributed by atoms with Crippen LogP contribution >= 0.6 is 0 Å². The molecule has 0 amide bonds. The Bertz CT molecular complexity index is 790. The Labute approximate surface area is 146 Å². The number of esters is 1. The maximum atomic E-state index is 12.4. The average Bonchev–Trinajstić information content (AvgIpc) is 3.03. The molecule has 0 bridgehead atoms. The summed E-state index contributed by atoms with van der Waals surface area (Å²) in [6.45, 7) is 3.97. The number of nitriles is 1. The minimum Gasteiger partial charge on any atom is -0.493 e. The first-order valence-corrected chi connectivity index (χ1v) is 7.88. The van der Waals surface area contributed by atoms with Gasteiger partial charge >= 0.3 is 5.97 Å². The number of nitrogens with zero attached hydrogens (tertiary/aromatic N) is 3. The highest BCUT2D eigenvalue weighted by Gasteiger charge is 2.21. The van der Waals surface area contributed by atoms with Gasteiger partial charge in [-0.05, 0) is 32.0 Å².